The van der Waals surface area contributed by atoms with Crippen LogP contribution in [0.2, 0.25) is 0 Å². The van der Waals surface area contributed by atoms with Crippen molar-refractivity contribution < 1.29 is 18.0 Å². The molecule has 0 aromatic heterocycles. The number of aliphatic imine (C=N–C) groups is 1. The summed E-state index contributed by atoms with van der Waals surface area (Å²) in [5.74, 6) is 0.288. The minimum Gasteiger partial charge on any atom is -0.342 e. The SMILES string of the molecule is C[C@@H](N=C1NS(=O)(=O)c2ccccc21)C(=O)N1CCC(C(=O)N2CCCCCC2)CC1. The van der Waals surface area contributed by atoms with Crippen LogP contribution in [0.15, 0.2) is 34.2 Å². The largest absolute Gasteiger partial charge is 0.342 e. The summed E-state index contributed by atoms with van der Waals surface area (Å²) in [6.45, 7) is 4.44. The molecule has 9 heteroatoms. The maximum Gasteiger partial charge on any atom is 0.263 e. The Hall–Kier alpha value is -2.42. The van der Waals surface area contributed by atoms with Crippen molar-refractivity contribution in [3.63, 3.8) is 0 Å². The Kier molecular flexibility index (Phi) is 6.31. The first-order chi connectivity index (χ1) is 14.9. The zero-order chi connectivity index (χ0) is 22.0. The smallest absolute Gasteiger partial charge is 0.263 e. The quantitative estimate of drug-likeness (QED) is 0.765. The van der Waals surface area contributed by atoms with Gasteiger partial charge in [0.1, 0.15) is 11.9 Å². The van der Waals surface area contributed by atoms with E-state index in [1.165, 1.54) is 18.9 Å². The van der Waals surface area contributed by atoms with E-state index in [4.69, 9.17) is 0 Å². The summed E-state index contributed by atoms with van der Waals surface area (Å²) in [7, 11) is -3.63. The predicted octanol–water partition coefficient (Wildman–Crippen LogP) is 1.75. The Balaban J connectivity index is 1.37. The minimum atomic E-state index is -3.63. The third-order valence-electron chi connectivity index (χ3n) is 6.42. The molecule has 0 spiro atoms. The summed E-state index contributed by atoms with van der Waals surface area (Å²) in [5, 5.41) is 0. The molecule has 3 heterocycles. The van der Waals surface area contributed by atoms with E-state index < -0.39 is 16.1 Å². The number of hydrogen-bond donors (Lipinski definition) is 1. The Morgan fingerprint density at radius 1 is 1.00 bits per heavy atom. The Bertz CT molecular complexity index is 975. The highest BCUT2D eigenvalue weighted by atomic mass is 32.2. The van der Waals surface area contributed by atoms with Gasteiger partial charge in [-0.15, -0.1) is 0 Å². The van der Waals surface area contributed by atoms with Gasteiger partial charge in [0.05, 0.1) is 4.90 Å². The van der Waals surface area contributed by atoms with Crippen LogP contribution in [0.25, 0.3) is 0 Å². The molecular weight excluding hydrogens is 416 g/mol. The van der Waals surface area contributed by atoms with Gasteiger partial charge in [-0.25, -0.2) is 8.42 Å². The molecule has 4 rings (SSSR count). The number of nitrogens with one attached hydrogen (secondary N) is 1. The van der Waals surface area contributed by atoms with E-state index in [2.05, 4.69) is 9.71 Å². The third-order valence-corrected chi connectivity index (χ3v) is 7.81. The number of likely N-dealkylation sites (tertiary alicyclic amines) is 2. The van der Waals surface area contributed by atoms with Gasteiger partial charge < -0.3 is 9.80 Å². The Labute approximate surface area is 183 Å². The topological polar surface area (TPSA) is 99.1 Å². The van der Waals surface area contributed by atoms with Gasteiger partial charge in [-0.05, 0) is 44.7 Å². The van der Waals surface area contributed by atoms with E-state index >= 15 is 0 Å². The second-order valence-corrected chi connectivity index (χ2v) is 10.2. The number of fused-ring (bicyclic) bond motifs is 1. The van der Waals surface area contributed by atoms with Crippen molar-refractivity contribution in [1.29, 1.82) is 0 Å². The molecule has 8 nitrogen and oxygen atoms in total. The number of hydrogen-bond acceptors (Lipinski definition) is 5. The van der Waals surface area contributed by atoms with Gasteiger partial charge >= 0.3 is 0 Å². The van der Waals surface area contributed by atoms with E-state index in [1.54, 1.807) is 30.0 Å². The van der Waals surface area contributed by atoms with Gasteiger partial charge in [0.25, 0.3) is 10.0 Å². The molecule has 2 amide bonds. The average Bonchev–Trinajstić information content (AvgIpc) is 2.95. The van der Waals surface area contributed by atoms with Gasteiger partial charge in [-0.3, -0.25) is 19.3 Å². The van der Waals surface area contributed by atoms with Crippen molar-refractivity contribution >= 4 is 27.7 Å². The van der Waals surface area contributed by atoms with Gasteiger partial charge in [-0.1, -0.05) is 25.0 Å². The number of carbonyl (C=O) groups excluding carboxylic acids is 2. The van der Waals surface area contributed by atoms with Crippen LogP contribution in [0, 0.1) is 5.92 Å². The lowest BCUT2D eigenvalue weighted by atomic mass is 9.94. The number of amides is 2. The van der Waals surface area contributed by atoms with Crippen molar-refractivity contribution in [2.24, 2.45) is 10.9 Å². The molecule has 0 saturated carbocycles. The van der Waals surface area contributed by atoms with Crippen LogP contribution < -0.4 is 4.72 Å². The van der Waals surface area contributed by atoms with Crippen molar-refractivity contribution in [3.8, 4) is 0 Å². The maximum absolute atomic E-state index is 12.9. The molecule has 31 heavy (non-hydrogen) atoms. The first kappa shape index (κ1) is 21.8. The molecule has 3 aliphatic heterocycles. The van der Waals surface area contributed by atoms with Crippen molar-refractivity contribution in [3.05, 3.63) is 29.8 Å². The molecule has 2 fully saturated rings. The lowest BCUT2D eigenvalue weighted by Crippen LogP contribution is -2.47. The minimum absolute atomic E-state index is 0.0164. The van der Waals surface area contributed by atoms with Crippen LogP contribution in [0.1, 0.15) is 51.0 Å². The zero-order valence-corrected chi connectivity index (χ0v) is 18.7. The van der Waals surface area contributed by atoms with Crippen molar-refractivity contribution in [2.75, 3.05) is 26.2 Å². The standard InChI is InChI=1S/C22H30N4O4S/c1-16(23-20-18-8-4-5-9-19(18)31(29,30)24-20)21(27)26-14-10-17(11-15-26)22(28)25-12-6-2-3-7-13-25/h4-5,8-9,16-17H,2-3,6-7,10-15H2,1H3,(H,23,24)/t16-/m1/s1. The van der Waals surface area contributed by atoms with Crippen LogP contribution in [-0.2, 0) is 19.6 Å². The fraction of sp³-hybridized carbons (Fsp3) is 0.591. The number of sulfonamides is 1. The number of amidine groups is 1. The lowest BCUT2D eigenvalue weighted by molar-refractivity contribution is -0.141. The third kappa shape index (κ3) is 4.61. The van der Waals surface area contributed by atoms with Gasteiger partial charge in [0.15, 0.2) is 0 Å². The molecule has 168 valence electrons. The molecule has 1 aromatic carbocycles. The summed E-state index contributed by atoms with van der Waals surface area (Å²) in [6.07, 6.45) is 5.87. The maximum atomic E-state index is 12.9. The molecule has 0 radical (unpaired) electrons. The Morgan fingerprint density at radius 3 is 2.32 bits per heavy atom. The lowest BCUT2D eigenvalue weighted by Gasteiger charge is -2.34. The van der Waals surface area contributed by atoms with Crippen LogP contribution in [0.5, 0.6) is 0 Å². The highest BCUT2D eigenvalue weighted by Gasteiger charge is 2.34. The Morgan fingerprint density at radius 2 is 1.65 bits per heavy atom. The second kappa shape index (κ2) is 8.98. The molecule has 0 bridgehead atoms. The predicted molar refractivity (Wildman–Crippen MR) is 117 cm³/mol. The molecule has 1 N–H and O–H groups in total. The van der Waals surface area contributed by atoms with Gasteiger partial charge in [0, 0.05) is 37.7 Å². The summed E-state index contributed by atoms with van der Waals surface area (Å²) < 4.78 is 26.9. The van der Waals surface area contributed by atoms with Crippen LogP contribution in [0.3, 0.4) is 0 Å². The van der Waals surface area contributed by atoms with E-state index in [0.29, 0.717) is 31.5 Å². The summed E-state index contributed by atoms with van der Waals surface area (Å²) >= 11 is 0. The van der Waals surface area contributed by atoms with Crippen LogP contribution in [-0.4, -0.2) is 68.1 Å². The van der Waals surface area contributed by atoms with Crippen LogP contribution >= 0.6 is 0 Å². The molecule has 2 saturated heterocycles. The number of piperidine rings is 1. The second-order valence-electron chi connectivity index (χ2n) is 8.59. The van der Waals surface area contributed by atoms with Gasteiger partial charge in [0.2, 0.25) is 11.8 Å². The number of carbonyl (C=O) groups is 2. The normalized spacial score (nSPS) is 23.7. The van der Waals surface area contributed by atoms with E-state index in [1.807, 2.05) is 4.90 Å². The average molecular weight is 447 g/mol. The van der Waals surface area contributed by atoms with Crippen LogP contribution in [0.4, 0.5) is 0 Å². The molecule has 1 atom stereocenters. The number of nitrogens with zero attached hydrogens (tertiary/aromatic N) is 3. The highest BCUT2D eigenvalue weighted by molar-refractivity contribution is 7.90. The van der Waals surface area contributed by atoms with Crippen molar-refractivity contribution in [1.82, 2.24) is 14.5 Å². The zero-order valence-electron chi connectivity index (χ0n) is 17.9. The van der Waals surface area contributed by atoms with Gasteiger partial charge in [-0.2, -0.15) is 0 Å². The molecule has 3 aliphatic rings. The molecular formula is C22H30N4O4S. The molecule has 1 aromatic rings. The first-order valence-corrected chi connectivity index (χ1v) is 12.6. The molecule has 0 unspecified atom stereocenters. The first-order valence-electron chi connectivity index (χ1n) is 11.1. The summed E-state index contributed by atoms with van der Waals surface area (Å²) in [5.41, 5.74) is 0.490. The monoisotopic (exact) mass is 446 g/mol. The van der Waals surface area contributed by atoms with Crippen molar-refractivity contribution in [2.45, 2.75) is 56.4 Å². The van der Waals surface area contributed by atoms with E-state index in [-0.39, 0.29) is 28.5 Å². The highest BCUT2D eigenvalue weighted by Crippen LogP contribution is 2.24. The number of benzene rings is 1. The fourth-order valence-electron chi connectivity index (χ4n) is 4.64. The fourth-order valence-corrected chi connectivity index (χ4v) is 5.88. The van der Waals surface area contributed by atoms with E-state index in [0.717, 1.165) is 25.9 Å². The number of rotatable bonds is 3. The molecule has 0 aliphatic carbocycles. The van der Waals surface area contributed by atoms with E-state index in [9.17, 15) is 18.0 Å². The summed E-state index contributed by atoms with van der Waals surface area (Å²) in [6, 6.07) is 5.91. The summed E-state index contributed by atoms with van der Waals surface area (Å²) in [4.78, 5) is 34.1.